The molecule has 3 atom stereocenters. The highest BCUT2D eigenvalue weighted by atomic mass is 19.4. The van der Waals surface area contributed by atoms with Gasteiger partial charge in [0.2, 0.25) is 5.91 Å². The largest absolute Gasteiger partial charge is 0.490 e. The molecule has 200 valence electrons. The van der Waals surface area contributed by atoms with Gasteiger partial charge in [-0.05, 0) is 18.8 Å². The smallest absolute Gasteiger partial charge is 0.480 e. The van der Waals surface area contributed by atoms with Gasteiger partial charge in [-0.1, -0.05) is 20.3 Å². The average Bonchev–Trinajstić information content (AvgIpc) is 2.67. The van der Waals surface area contributed by atoms with Crippen molar-refractivity contribution in [1.29, 1.82) is 5.41 Å². The number of hydrogen-bond acceptors (Lipinski definition) is 6. The number of amides is 1. The normalized spacial score (nSPS) is 13.4. The quantitative estimate of drug-likeness (QED) is 0.0915. The summed E-state index contributed by atoms with van der Waals surface area (Å²) in [6.07, 6.45) is -8.71. The first-order valence-electron chi connectivity index (χ1n) is 9.15. The first kappa shape index (κ1) is 35.3. The van der Waals surface area contributed by atoms with E-state index >= 15 is 0 Å². The highest BCUT2D eigenvalue weighted by Gasteiger charge is 2.38. The van der Waals surface area contributed by atoms with Crippen LogP contribution in [0.3, 0.4) is 0 Å². The Bertz CT molecular complexity index is 664. The second-order valence-corrected chi connectivity index (χ2v) is 6.40. The second-order valence-electron chi connectivity index (χ2n) is 6.40. The van der Waals surface area contributed by atoms with Crippen molar-refractivity contribution in [3.05, 3.63) is 0 Å². The molecule has 0 aliphatic rings. The van der Waals surface area contributed by atoms with Crippen LogP contribution in [-0.2, 0) is 19.2 Å². The number of nitrogens with one attached hydrogen (secondary N) is 3. The molecule has 0 spiro atoms. The van der Waals surface area contributed by atoms with Gasteiger partial charge in [0.25, 0.3) is 0 Å². The Morgan fingerprint density at radius 1 is 0.971 bits per heavy atom. The fourth-order valence-corrected chi connectivity index (χ4v) is 1.57. The Balaban J connectivity index is -0.000000558. The Hall–Kier alpha value is -3.31. The molecule has 1 amide bonds. The van der Waals surface area contributed by atoms with E-state index in [1.54, 1.807) is 0 Å². The lowest BCUT2D eigenvalue weighted by atomic mass is 9.99. The molecule has 0 aromatic heterocycles. The van der Waals surface area contributed by atoms with Gasteiger partial charge in [-0.2, -0.15) is 26.3 Å². The fraction of sp³-hybridized carbons (Fsp3) is 0.688. The van der Waals surface area contributed by atoms with Gasteiger partial charge in [0.05, 0.1) is 6.04 Å². The maximum Gasteiger partial charge on any atom is 0.490 e. The van der Waals surface area contributed by atoms with Gasteiger partial charge in [-0.25, -0.2) is 14.4 Å². The van der Waals surface area contributed by atoms with Crippen LogP contribution in [0.1, 0.15) is 33.1 Å². The van der Waals surface area contributed by atoms with Crippen LogP contribution in [-0.4, -0.2) is 76.1 Å². The Morgan fingerprint density at radius 2 is 1.35 bits per heavy atom. The van der Waals surface area contributed by atoms with E-state index in [0.717, 1.165) is 6.42 Å². The van der Waals surface area contributed by atoms with E-state index in [1.165, 1.54) is 0 Å². The zero-order valence-electron chi connectivity index (χ0n) is 18.0. The molecule has 0 heterocycles. The van der Waals surface area contributed by atoms with E-state index in [1.807, 2.05) is 13.8 Å². The number of guanidine groups is 1. The molecule has 0 saturated carbocycles. The summed E-state index contributed by atoms with van der Waals surface area (Å²) >= 11 is 0. The van der Waals surface area contributed by atoms with Gasteiger partial charge in [0.15, 0.2) is 5.96 Å². The molecule has 0 unspecified atom stereocenters. The number of carbonyl (C=O) groups excluding carboxylic acids is 1. The zero-order valence-corrected chi connectivity index (χ0v) is 18.0. The van der Waals surface area contributed by atoms with Crippen LogP contribution in [0.4, 0.5) is 26.3 Å². The molecule has 0 aromatic rings. The van der Waals surface area contributed by atoms with Crippen LogP contribution in [0.25, 0.3) is 0 Å². The van der Waals surface area contributed by atoms with Crippen molar-refractivity contribution in [2.75, 3.05) is 6.54 Å². The Labute approximate surface area is 189 Å². The molecular formula is C16H27F6N5O7. The number of halogens is 6. The minimum absolute atomic E-state index is 0.0103. The number of carboxylic acid groups (broad SMARTS) is 3. The third-order valence-corrected chi connectivity index (χ3v) is 3.64. The molecule has 0 bridgehead atoms. The number of hydrogen-bond donors (Lipinski definition) is 8. The highest BCUT2D eigenvalue weighted by molar-refractivity contribution is 5.86. The minimum atomic E-state index is -5.08. The lowest BCUT2D eigenvalue weighted by Gasteiger charge is -2.21. The third kappa shape index (κ3) is 19.4. The number of aliphatic carboxylic acids is 3. The predicted octanol–water partition coefficient (Wildman–Crippen LogP) is 0.459. The van der Waals surface area contributed by atoms with Crippen LogP contribution in [0.15, 0.2) is 0 Å². The standard InChI is InChI=1S/C12H25N5O3.2C2HF3O2/c1-3-7(2)9(13)10(18)17-8(11(19)20)5-4-6-16-12(14)15;2*3-2(4,5)1(6)7/h7-9H,3-6,13H2,1-2H3,(H,17,18)(H,19,20)(H4,14,15,16);2*(H,6,7)/t7-,8-,9-;;/m0../s1. The number of carboxylic acids is 3. The molecule has 18 heteroatoms. The molecule has 0 rings (SSSR count). The van der Waals surface area contributed by atoms with Crippen LogP contribution in [0.5, 0.6) is 0 Å². The molecule has 34 heavy (non-hydrogen) atoms. The van der Waals surface area contributed by atoms with Crippen molar-refractivity contribution in [1.82, 2.24) is 10.6 Å². The summed E-state index contributed by atoms with van der Waals surface area (Å²) in [5.41, 5.74) is 10.9. The van der Waals surface area contributed by atoms with Crippen molar-refractivity contribution in [2.45, 2.75) is 57.5 Å². The van der Waals surface area contributed by atoms with Crippen molar-refractivity contribution < 1.29 is 60.8 Å². The lowest BCUT2D eigenvalue weighted by Crippen LogP contribution is -2.50. The van der Waals surface area contributed by atoms with Crippen LogP contribution in [0.2, 0.25) is 0 Å². The van der Waals surface area contributed by atoms with Gasteiger partial charge >= 0.3 is 30.3 Å². The van der Waals surface area contributed by atoms with Gasteiger partial charge < -0.3 is 37.4 Å². The minimum Gasteiger partial charge on any atom is -0.480 e. The summed E-state index contributed by atoms with van der Waals surface area (Å²) in [5.74, 6) is -7.24. The maximum absolute atomic E-state index is 11.8. The molecule has 0 aliphatic carbocycles. The SMILES string of the molecule is CC[C@H](C)[C@H](N)C(=O)N[C@@H](CCCNC(=N)N)C(=O)O.O=C(O)C(F)(F)F.O=C(O)C(F)(F)F. The molecule has 0 aliphatic heterocycles. The average molecular weight is 515 g/mol. The Kier molecular flexibility index (Phi) is 16.9. The van der Waals surface area contributed by atoms with Crippen molar-refractivity contribution in [3.8, 4) is 0 Å². The first-order valence-corrected chi connectivity index (χ1v) is 9.15. The molecule has 12 nitrogen and oxygen atoms in total. The van der Waals surface area contributed by atoms with E-state index in [4.69, 9.17) is 41.8 Å². The van der Waals surface area contributed by atoms with Crippen molar-refractivity contribution in [3.63, 3.8) is 0 Å². The summed E-state index contributed by atoms with van der Waals surface area (Å²) in [6.45, 7) is 4.14. The lowest BCUT2D eigenvalue weighted by molar-refractivity contribution is -0.193. The monoisotopic (exact) mass is 515 g/mol. The van der Waals surface area contributed by atoms with E-state index in [-0.39, 0.29) is 18.3 Å². The molecule has 0 aromatic carbocycles. The van der Waals surface area contributed by atoms with E-state index < -0.39 is 48.3 Å². The molecule has 0 saturated heterocycles. The Morgan fingerprint density at radius 3 is 1.62 bits per heavy atom. The third-order valence-electron chi connectivity index (χ3n) is 3.64. The van der Waals surface area contributed by atoms with Crippen molar-refractivity contribution in [2.24, 2.45) is 17.4 Å². The topological polar surface area (TPSA) is 229 Å². The van der Waals surface area contributed by atoms with E-state index in [2.05, 4.69) is 10.6 Å². The molecule has 10 N–H and O–H groups in total. The number of nitrogens with two attached hydrogens (primary N) is 2. The summed E-state index contributed by atoms with van der Waals surface area (Å²) in [6, 6.07) is -1.69. The van der Waals surface area contributed by atoms with E-state index in [0.29, 0.717) is 13.0 Å². The van der Waals surface area contributed by atoms with Gasteiger partial charge in [0, 0.05) is 6.54 Å². The van der Waals surface area contributed by atoms with Gasteiger partial charge in [-0.15, -0.1) is 0 Å². The zero-order chi connectivity index (χ0) is 27.9. The number of rotatable bonds is 9. The fourth-order valence-electron chi connectivity index (χ4n) is 1.57. The van der Waals surface area contributed by atoms with Crippen molar-refractivity contribution >= 4 is 29.8 Å². The summed E-state index contributed by atoms with van der Waals surface area (Å²) < 4.78 is 63.5. The maximum atomic E-state index is 11.8. The number of carbonyl (C=O) groups is 4. The van der Waals surface area contributed by atoms with Gasteiger partial charge in [0.1, 0.15) is 6.04 Å². The van der Waals surface area contributed by atoms with Crippen LogP contribution < -0.4 is 22.1 Å². The summed E-state index contributed by atoms with van der Waals surface area (Å²) in [7, 11) is 0. The predicted molar refractivity (Wildman–Crippen MR) is 104 cm³/mol. The molecule has 0 fully saturated rings. The van der Waals surface area contributed by atoms with Gasteiger partial charge in [-0.3, -0.25) is 10.2 Å². The van der Waals surface area contributed by atoms with Crippen LogP contribution >= 0.6 is 0 Å². The molecule has 0 radical (unpaired) electrons. The summed E-state index contributed by atoms with van der Waals surface area (Å²) in [5, 5.41) is 35.3. The van der Waals surface area contributed by atoms with E-state index in [9.17, 15) is 35.9 Å². The molecular weight excluding hydrogens is 488 g/mol. The van der Waals surface area contributed by atoms with Crippen LogP contribution in [0, 0.1) is 11.3 Å². The highest BCUT2D eigenvalue weighted by Crippen LogP contribution is 2.13. The number of alkyl halides is 6. The second kappa shape index (κ2) is 16.3. The first-order chi connectivity index (χ1) is 15.2. The summed E-state index contributed by atoms with van der Waals surface area (Å²) in [4.78, 5) is 40.7.